The summed E-state index contributed by atoms with van der Waals surface area (Å²) in [6.07, 6.45) is 2.84. The molecule has 9 heteroatoms. The zero-order valence-corrected chi connectivity index (χ0v) is 18.7. The predicted octanol–water partition coefficient (Wildman–Crippen LogP) is 2.67. The first kappa shape index (κ1) is 22.7. The summed E-state index contributed by atoms with van der Waals surface area (Å²) in [6.45, 7) is 3.34. The molecular weight excluding hydrogens is 424 g/mol. The third kappa shape index (κ3) is 6.28. The van der Waals surface area contributed by atoms with Gasteiger partial charge in [0.1, 0.15) is 12.4 Å². The minimum absolute atomic E-state index is 0.0870. The van der Waals surface area contributed by atoms with Crippen molar-refractivity contribution in [1.29, 1.82) is 0 Å². The van der Waals surface area contributed by atoms with Crippen LogP contribution in [-0.2, 0) is 25.8 Å². The van der Waals surface area contributed by atoms with Gasteiger partial charge in [-0.15, -0.1) is 0 Å². The van der Waals surface area contributed by atoms with Gasteiger partial charge in [-0.1, -0.05) is 36.2 Å². The van der Waals surface area contributed by atoms with Gasteiger partial charge in [-0.25, -0.2) is 21.6 Å². The minimum atomic E-state index is -3.47. The highest BCUT2D eigenvalue weighted by Crippen LogP contribution is 2.22. The molecule has 2 aromatic rings. The summed E-state index contributed by atoms with van der Waals surface area (Å²) in [5.74, 6) is 0.404. The van der Waals surface area contributed by atoms with Gasteiger partial charge in [0.25, 0.3) is 0 Å². The van der Waals surface area contributed by atoms with Crippen LogP contribution in [0, 0.1) is 6.92 Å². The summed E-state index contributed by atoms with van der Waals surface area (Å²) in [5, 5.41) is 0. The molecule has 1 aliphatic rings. The number of nitrogens with zero attached hydrogens (tertiary/aromatic N) is 1. The molecule has 1 heterocycles. The van der Waals surface area contributed by atoms with Crippen LogP contribution in [0.25, 0.3) is 0 Å². The number of hydrogen-bond donors (Lipinski definition) is 1. The molecule has 7 nitrogen and oxygen atoms in total. The number of nitrogens with one attached hydrogen (secondary N) is 1. The van der Waals surface area contributed by atoms with Gasteiger partial charge >= 0.3 is 0 Å². The molecule has 164 valence electrons. The second-order valence-corrected chi connectivity index (χ2v) is 11.2. The lowest BCUT2D eigenvalue weighted by atomic mass is 10.2. The van der Waals surface area contributed by atoms with E-state index in [1.54, 1.807) is 24.3 Å². The maximum atomic E-state index is 12.6. The molecule has 0 spiro atoms. The van der Waals surface area contributed by atoms with E-state index in [9.17, 15) is 16.8 Å². The van der Waals surface area contributed by atoms with Crippen LogP contribution in [-0.4, -0.2) is 47.4 Å². The second-order valence-electron chi connectivity index (χ2n) is 7.42. The number of sulfonamides is 2. The number of ether oxygens (including phenoxy) is 1. The van der Waals surface area contributed by atoms with Crippen LogP contribution in [0.15, 0.2) is 53.4 Å². The zero-order valence-electron chi connectivity index (χ0n) is 17.1. The number of hydrogen-bond acceptors (Lipinski definition) is 5. The maximum Gasteiger partial charge on any atom is 0.243 e. The van der Waals surface area contributed by atoms with Crippen LogP contribution >= 0.6 is 0 Å². The van der Waals surface area contributed by atoms with Crippen molar-refractivity contribution in [3.8, 4) is 5.75 Å². The Kier molecular flexibility index (Phi) is 7.51. The van der Waals surface area contributed by atoms with Gasteiger partial charge in [-0.2, -0.15) is 4.31 Å². The van der Waals surface area contributed by atoms with Crippen molar-refractivity contribution < 1.29 is 21.6 Å². The Hall–Kier alpha value is -1.94. The van der Waals surface area contributed by atoms with E-state index in [0.29, 0.717) is 18.8 Å². The zero-order chi connectivity index (χ0) is 21.6. The Morgan fingerprint density at radius 2 is 1.53 bits per heavy atom. The Bertz CT molecular complexity index is 1030. The first-order chi connectivity index (χ1) is 14.3. The van der Waals surface area contributed by atoms with Crippen LogP contribution in [0.4, 0.5) is 0 Å². The number of aryl methyl sites for hydroxylation is 1. The highest BCUT2D eigenvalue weighted by atomic mass is 32.2. The van der Waals surface area contributed by atoms with Crippen LogP contribution in [0.1, 0.15) is 30.4 Å². The monoisotopic (exact) mass is 452 g/mol. The number of piperidine rings is 1. The van der Waals surface area contributed by atoms with E-state index in [0.717, 1.165) is 30.4 Å². The summed E-state index contributed by atoms with van der Waals surface area (Å²) in [4.78, 5) is 0.246. The molecular formula is C21H28N2O5S2. The van der Waals surface area contributed by atoms with E-state index in [4.69, 9.17) is 4.74 Å². The lowest BCUT2D eigenvalue weighted by Gasteiger charge is -2.25. The Morgan fingerprint density at radius 1 is 0.900 bits per heavy atom. The van der Waals surface area contributed by atoms with Crippen LogP contribution in [0.5, 0.6) is 5.75 Å². The third-order valence-corrected chi connectivity index (χ3v) is 8.22. The molecule has 1 aliphatic heterocycles. The Labute approximate surface area is 179 Å². The molecule has 0 aliphatic carbocycles. The van der Waals surface area contributed by atoms with Crippen LogP contribution in [0.3, 0.4) is 0 Å². The van der Waals surface area contributed by atoms with Crippen LogP contribution < -0.4 is 9.46 Å². The van der Waals surface area contributed by atoms with Crippen LogP contribution in [0.2, 0.25) is 0 Å². The SMILES string of the molecule is Cc1ccc(CS(=O)(=O)NCCOc2ccc(S(=O)(=O)N3CCCCC3)cc2)cc1. The molecule has 1 saturated heterocycles. The Morgan fingerprint density at radius 3 is 2.17 bits per heavy atom. The van der Waals surface area contributed by atoms with Crippen molar-refractivity contribution in [3.05, 3.63) is 59.7 Å². The summed E-state index contributed by atoms with van der Waals surface area (Å²) in [7, 11) is -6.92. The molecule has 2 aromatic carbocycles. The summed E-state index contributed by atoms with van der Waals surface area (Å²) in [5.41, 5.74) is 1.80. The fourth-order valence-electron chi connectivity index (χ4n) is 3.28. The second kappa shape index (κ2) is 9.91. The summed E-state index contributed by atoms with van der Waals surface area (Å²) >= 11 is 0. The lowest BCUT2D eigenvalue weighted by molar-refractivity contribution is 0.322. The average Bonchev–Trinajstić information content (AvgIpc) is 2.74. The van der Waals surface area contributed by atoms with Crippen molar-refractivity contribution in [1.82, 2.24) is 9.03 Å². The fraction of sp³-hybridized carbons (Fsp3) is 0.429. The molecule has 0 atom stereocenters. The molecule has 0 aromatic heterocycles. The number of rotatable bonds is 9. The van der Waals surface area contributed by atoms with Gasteiger partial charge in [0.2, 0.25) is 20.0 Å². The van der Waals surface area contributed by atoms with E-state index in [1.165, 1.54) is 16.4 Å². The molecule has 3 rings (SSSR count). The summed E-state index contributed by atoms with van der Waals surface area (Å²) < 4.78 is 59.2. The van der Waals surface area contributed by atoms with Gasteiger partial charge < -0.3 is 4.74 Å². The highest BCUT2D eigenvalue weighted by Gasteiger charge is 2.25. The lowest BCUT2D eigenvalue weighted by Crippen LogP contribution is -2.35. The molecule has 30 heavy (non-hydrogen) atoms. The van der Waals surface area contributed by atoms with Gasteiger partial charge in [-0.05, 0) is 49.6 Å². The molecule has 1 N–H and O–H groups in total. The molecule has 0 radical (unpaired) electrons. The maximum absolute atomic E-state index is 12.6. The molecule has 0 bridgehead atoms. The molecule has 0 unspecified atom stereocenters. The molecule has 0 amide bonds. The first-order valence-electron chi connectivity index (χ1n) is 10.0. The minimum Gasteiger partial charge on any atom is -0.492 e. The topological polar surface area (TPSA) is 92.8 Å². The van der Waals surface area contributed by atoms with E-state index in [-0.39, 0.29) is 23.8 Å². The largest absolute Gasteiger partial charge is 0.492 e. The number of benzene rings is 2. The summed E-state index contributed by atoms with van der Waals surface area (Å²) in [6, 6.07) is 13.6. The van der Waals surface area contributed by atoms with Crippen molar-refractivity contribution >= 4 is 20.0 Å². The van der Waals surface area contributed by atoms with Gasteiger partial charge in [0, 0.05) is 19.6 Å². The van der Waals surface area contributed by atoms with Gasteiger partial charge in [0.15, 0.2) is 0 Å². The van der Waals surface area contributed by atoms with Gasteiger partial charge in [0.05, 0.1) is 10.6 Å². The van der Waals surface area contributed by atoms with Crippen molar-refractivity contribution in [3.63, 3.8) is 0 Å². The van der Waals surface area contributed by atoms with Crippen molar-refractivity contribution in [2.45, 2.75) is 36.8 Å². The highest BCUT2D eigenvalue weighted by molar-refractivity contribution is 7.89. The average molecular weight is 453 g/mol. The van der Waals surface area contributed by atoms with Crippen molar-refractivity contribution in [2.24, 2.45) is 0 Å². The van der Waals surface area contributed by atoms with E-state index >= 15 is 0 Å². The standard InChI is InChI=1S/C21H28N2O5S2/c1-18-5-7-19(8-6-18)17-29(24,25)22-13-16-28-20-9-11-21(12-10-20)30(26,27)23-14-3-2-4-15-23/h5-12,22H,2-4,13-17H2,1H3. The normalized spacial score (nSPS) is 15.8. The first-order valence-corrected chi connectivity index (χ1v) is 13.1. The quantitative estimate of drug-likeness (QED) is 0.591. The van der Waals surface area contributed by atoms with E-state index in [2.05, 4.69) is 4.72 Å². The van der Waals surface area contributed by atoms with Crippen molar-refractivity contribution in [2.75, 3.05) is 26.2 Å². The smallest absolute Gasteiger partial charge is 0.243 e. The fourth-order valence-corrected chi connectivity index (χ4v) is 5.93. The third-order valence-electron chi connectivity index (χ3n) is 4.95. The molecule has 0 saturated carbocycles. The molecule has 1 fully saturated rings. The Balaban J connectivity index is 1.47. The predicted molar refractivity (Wildman–Crippen MR) is 116 cm³/mol. The van der Waals surface area contributed by atoms with E-state index < -0.39 is 20.0 Å². The van der Waals surface area contributed by atoms with Gasteiger partial charge in [-0.3, -0.25) is 0 Å². The van der Waals surface area contributed by atoms with E-state index in [1.807, 2.05) is 19.1 Å².